The first kappa shape index (κ1) is 7.35. The van der Waals surface area contributed by atoms with Crippen molar-refractivity contribution in [2.75, 3.05) is 6.54 Å². The van der Waals surface area contributed by atoms with Gasteiger partial charge in [0.15, 0.2) is 0 Å². The molecule has 0 aliphatic carbocycles. The second-order valence-electron chi connectivity index (χ2n) is 2.92. The lowest BCUT2D eigenvalue weighted by Crippen LogP contribution is -2.17. The molecule has 0 radical (unpaired) electrons. The molecule has 0 amide bonds. The van der Waals surface area contributed by atoms with Gasteiger partial charge in [-0.3, -0.25) is 4.98 Å². The van der Waals surface area contributed by atoms with Gasteiger partial charge in [-0.25, -0.2) is 0 Å². The van der Waals surface area contributed by atoms with Crippen molar-refractivity contribution in [2.45, 2.75) is 12.8 Å². The maximum atomic E-state index is 3.99. The minimum atomic E-state index is 1.09. The normalized spacial score (nSPS) is 16.5. The van der Waals surface area contributed by atoms with Crippen molar-refractivity contribution < 1.29 is 0 Å². The van der Waals surface area contributed by atoms with Crippen LogP contribution in [0.1, 0.15) is 18.4 Å². The van der Waals surface area contributed by atoms with Crippen molar-refractivity contribution in [3.05, 3.63) is 36.2 Å². The van der Waals surface area contributed by atoms with Crippen molar-refractivity contribution >= 4 is 5.70 Å². The van der Waals surface area contributed by atoms with Crippen LogP contribution < -0.4 is 5.32 Å². The van der Waals surface area contributed by atoms with E-state index < -0.39 is 0 Å². The second-order valence-corrected chi connectivity index (χ2v) is 2.92. The molecule has 0 saturated heterocycles. The fraction of sp³-hybridized carbons (Fsp3) is 0.300. The molecule has 62 valence electrons. The van der Waals surface area contributed by atoms with E-state index in [2.05, 4.69) is 16.4 Å². The number of aromatic nitrogens is 1. The van der Waals surface area contributed by atoms with E-state index >= 15 is 0 Å². The summed E-state index contributed by atoms with van der Waals surface area (Å²) in [7, 11) is 0. The molecule has 1 aromatic heterocycles. The summed E-state index contributed by atoms with van der Waals surface area (Å²) < 4.78 is 0. The summed E-state index contributed by atoms with van der Waals surface area (Å²) in [6.45, 7) is 1.09. The van der Waals surface area contributed by atoms with E-state index in [0.29, 0.717) is 0 Å². The van der Waals surface area contributed by atoms with Crippen molar-refractivity contribution in [3.63, 3.8) is 0 Å². The molecule has 2 rings (SSSR count). The molecule has 0 aromatic carbocycles. The average Bonchev–Trinajstić information content (AvgIpc) is 2.21. The summed E-state index contributed by atoms with van der Waals surface area (Å²) in [6.07, 6.45) is 8.33. The number of rotatable bonds is 1. The van der Waals surface area contributed by atoms with E-state index in [1.165, 1.54) is 24.1 Å². The molecule has 2 heterocycles. The highest BCUT2D eigenvalue weighted by atomic mass is 14.9. The van der Waals surface area contributed by atoms with Gasteiger partial charge in [0.25, 0.3) is 0 Å². The maximum absolute atomic E-state index is 3.99. The van der Waals surface area contributed by atoms with Crippen molar-refractivity contribution in [1.29, 1.82) is 0 Å². The van der Waals surface area contributed by atoms with Crippen LogP contribution in [-0.4, -0.2) is 11.5 Å². The van der Waals surface area contributed by atoms with Crippen LogP contribution in [0.3, 0.4) is 0 Å². The lowest BCUT2D eigenvalue weighted by Gasteiger charge is -2.15. The van der Waals surface area contributed by atoms with Gasteiger partial charge in [-0.1, -0.05) is 6.08 Å². The van der Waals surface area contributed by atoms with Crippen LogP contribution in [0.5, 0.6) is 0 Å². The minimum Gasteiger partial charge on any atom is -0.385 e. The van der Waals surface area contributed by atoms with Crippen LogP contribution in [0.25, 0.3) is 5.70 Å². The summed E-state index contributed by atoms with van der Waals surface area (Å²) in [6, 6.07) is 4.06. The molecule has 0 atom stereocenters. The molecule has 0 bridgehead atoms. The van der Waals surface area contributed by atoms with Gasteiger partial charge in [-0.2, -0.15) is 0 Å². The highest BCUT2D eigenvalue weighted by molar-refractivity contribution is 5.63. The van der Waals surface area contributed by atoms with E-state index in [0.717, 1.165) is 6.54 Å². The molecular formula is C10H12N2. The Morgan fingerprint density at radius 2 is 2.08 bits per heavy atom. The average molecular weight is 160 g/mol. The molecule has 12 heavy (non-hydrogen) atoms. The molecule has 0 unspecified atom stereocenters. The Morgan fingerprint density at radius 3 is 2.75 bits per heavy atom. The van der Waals surface area contributed by atoms with Gasteiger partial charge in [-0.05, 0) is 25.0 Å². The Balaban J connectivity index is 2.24. The fourth-order valence-corrected chi connectivity index (χ4v) is 1.40. The van der Waals surface area contributed by atoms with Crippen molar-refractivity contribution in [2.24, 2.45) is 0 Å². The third-order valence-electron chi connectivity index (χ3n) is 2.04. The van der Waals surface area contributed by atoms with Gasteiger partial charge in [0.1, 0.15) is 0 Å². The number of hydrogen-bond donors (Lipinski definition) is 1. The van der Waals surface area contributed by atoms with Gasteiger partial charge in [0, 0.05) is 30.2 Å². The number of pyridine rings is 1. The Morgan fingerprint density at radius 1 is 1.25 bits per heavy atom. The summed E-state index contributed by atoms with van der Waals surface area (Å²) in [4.78, 5) is 3.99. The largest absolute Gasteiger partial charge is 0.385 e. The molecule has 1 N–H and O–H groups in total. The fourth-order valence-electron chi connectivity index (χ4n) is 1.40. The molecule has 1 aromatic rings. The van der Waals surface area contributed by atoms with Gasteiger partial charge in [0.05, 0.1) is 0 Å². The number of allylic oxidation sites excluding steroid dienone is 1. The summed E-state index contributed by atoms with van der Waals surface area (Å²) in [5, 5.41) is 3.37. The van der Waals surface area contributed by atoms with Crippen molar-refractivity contribution in [3.8, 4) is 0 Å². The molecule has 0 saturated carbocycles. The number of nitrogens with one attached hydrogen (secondary N) is 1. The van der Waals surface area contributed by atoms with E-state index in [9.17, 15) is 0 Å². The van der Waals surface area contributed by atoms with Crippen LogP contribution in [0.4, 0.5) is 0 Å². The minimum absolute atomic E-state index is 1.09. The smallest absolute Gasteiger partial charge is 0.0374 e. The lowest BCUT2D eigenvalue weighted by molar-refractivity contribution is 0.743. The quantitative estimate of drug-likeness (QED) is 0.677. The Hall–Kier alpha value is -1.31. The first-order valence-electron chi connectivity index (χ1n) is 4.31. The first-order chi connectivity index (χ1) is 5.97. The van der Waals surface area contributed by atoms with Gasteiger partial charge in [-0.15, -0.1) is 0 Å². The zero-order valence-corrected chi connectivity index (χ0v) is 6.96. The molecule has 2 nitrogen and oxygen atoms in total. The van der Waals surface area contributed by atoms with Gasteiger partial charge >= 0.3 is 0 Å². The Kier molecular flexibility index (Phi) is 2.08. The van der Waals surface area contributed by atoms with Crippen LogP contribution in [0.15, 0.2) is 30.6 Å². The number of nitrogens with zero attached hydrogens (tertiary/aromatic N) is 1. The molecule has 0 fully saturated rings. The van der Waals surface area contributed by atoms with E-state index in [1.54, 1.807) is 0 Å². The highest BCUT2D eigenvalue weighted by Gasteiger charge is 2.03. The topological polar surface area (TPSA) is 24.9 Å². The maximum Gasteiger partial charge on any atom is 0.0374 e. The molecule has 2 heteroatoms. The van der Waals surface area contributed by atoms with Crippen LogP contribution >= 0.6 is 0 Å². The third-order valence-corrected chi connectivity index (χ3v) is 2.04. The predicted molar refractivity (Wildman–Crippen MR) is 49.5 cm³/mol. The third kappa shape index (κ3) is 1.47. The van der Waals surface area contributed by atoms with Crippen LogP contribution in [-0.2, 0) is 0 Å². The van der Waals surface area contributed by atoms with Gasteiger partial charge in [0.2, 0.25) is 0 Å². The van der Waals surface area contributed by atoms with Crippen molar-refractivity contribution in [1.82, 2.24) is 10.3 Å². The highest BCUT2D eigenvalue weighted by Crippen LogP contribution is 2.14. The molecule has 0 spiro atoms. The number of hydrogen-bond acceptors (Lipinski definition) is 2. The van der Waals surface area contributed by atoms with Crippen LogP contribution in [0.2, 0.25) is 0 Å². The summed E-state index contributed by atoms with van der Waals surface area (Å²) >= 11 is 0. The second kappa shape index (κ2) is 3.39. The standard InChI is InChI=1S/C10H12N2/c1-2-6-12-10(3-1)9-4-7-11-8-5-9/h3-5,7-8,12H,1-2,6H2. The lowest BCUT2D eigenvalue weighted by atomic mass is 10.1. The predicted octanol–water partition coefficient (Wildman–Crippen LogP) is 1.81. The summed E-state index contributed by atoms with van der Waals surface area (Å²) in [5.74, 6) is 0. The summed E-state index contributed by atoms with van der Waals surface area (Å²) in [5.41, 5.74) is 2.49. The first-order valence-corrected chi connectivity index (χ1v) is 4.31. The van der Waals surface area contributed by atoms with E-state index in [4.69, 9.17) is 0 Å². The SMILES string of the molecule is C1=C(c2ccncc2)NCCC1. The Labute approximate surface area is 72.3 Å². The molecule has 1 aliphatic rings. The van der Waals surface area contributed by atoms with E-state index in [-0.39, 0.29) is 0 Å². The van der Waals surface area contributed by atoms with Crippen LogP contribution in [0, 0.1) is 0 Å². The Bertz CT molecular complexity index is 277. The van der Waals surface area contributed by atoms with E-state index in [1.807, 2.05) is 24.5 Å². The zero-order chi connectivity index (χ0) is 8.23. The zero-order valence-electron chi connectivity index (χ0n) is 6.96. The van der Waals surface area contributed by atoms with Gasteiger partial charge < -0.3 is 5.32 Å². The molecular weight excluding hydrogens is 148 g/mol. The monoisotopic (exact) mass is 160 g/mol. The molecule has 1 aliphatic heterocycles.